The zero-order valence-corrected chi connectivity index (χ0v) is 14.1. The van der Waals surface area contributed by atoms with Gasteiger partial charge in [0.1, 0.15) is 5.82 Å². The van der Waals surface area contributed by atoms with Crippen molar-refractivity contribution < 1.29 is 9.59 Å². The number of nitrogens with one attached hydrogen (secondary N) is 1. The molecule has 0 unspecified atom stereocenters. The number of nitriles is 1. The number of carbonyl (C=O) groups is 2. The fourth-order valence-electron chi connectivity index (χ4n) is 3.36. The molecule has 0 spiro atoms. The molecule has 2 aromatic heterocycles. The Morgan fingerprint density at radius 3 is 2.96 bits per heavy atom. The van der Waals surface area contributed by atoms with Gasteiger partial charge in [0.15, 0.2) is 5.78 Å². The first-order valence-electron chi connectivity index (χ1n) is 8.18. The van der Waals surface area contributed by atoms with Crippen LogP contribution in [0.2, 0.25) is 0 Å². The van der Waals surface area contributed by atoms with E-state index < -0.39 is 5.41 Å². The second-order valence-corrected chi connectivity index (χ2v) is 7.14. The molecule has 0 saturated carbocycles. The van der Waals surface area contributed by atoms with Gasteiger partial charge in [0.25, 0.3) is 0 Å². The number of ketones is 1. The lowest BCUT2D eigenvalue weighted by Crippen LogP contribution is -2.41. The van der Waals surface area contributed by atoms with E-state index in [4.69, 9.17) is 10.2 Å². The summed E-state index contributed by atoms with van der Waals surface area (Å²) >= 11 is 0. The minimum atomic E-state index is -0.415. The minimum Gasteiger partial charge on any atom is -0.340 e. The lowest BCUT2D eigenvalue weighted by Gasteiger charge is -2.32. The summed E-state index contributed by atoms with van der Waals surface area (Å²) in [6, 6.07) is 2.18. The summed E-state index contributed by atoms with van der Waals surface area (Å²) in [4.78, 5) is 38.1. The Bertz CT molecular complexity index is 993. The molecule has 2 aromatic rings. The van der Waals surface area contributed by atoms with Crippen molar-refractivity contribution in [2.75, 3.05) is 6.54 Å². The van der Waals surface area contributed by atoms with Crippen LogP contribution in [-0.4, -0.2) is 38.1 Å². The monoisotopic (exact) mass is 335 g/mol. The Labute approximate surface area is 144 Å². The van der Waals surface area contributed by atoms with E-state index >= 15 is 0 Å². The summed E-state index contributed by atoms with van der Waals surface area (Å²) < 4.78 is 0. The maximum atomic E-state index is 12.5. The first-order valence-corrected chi connectivity index (χ1v) is 8.18. The SMILES string of the molecule is CC(C)(CC#N)c1nc2c3c(ncc2[nH]1)C1=CCC(=O)CN1C(=O)C3. The predicted molar refractivity (Wildman–Crippen MR) is 90.2 cm³/mol. The van der Waals surface area contributed by atoms with Crippen LogP contribution < -0.4 is 0 Å². The fraction of sp³-hybridized carbons (Fsp3) is 0.389. The molecular formula is C18H17N5O2. The molecule has 25 heavy (non-hydrogen) atoms. The van der Waals surface area contributed by atoms with Crippen LogP contribution in [0.3, 0.4) is 0 Å². The number of allylic oxidation sites excluding steroid dienone is 1. The molecule has 2 aliphatic rings. The first-order chi connectivity index (χ1) is 11.9. The third-order valence-corrected chi connectivity index (χ3v) is 4.81. The number of aromatic nitrogens is 3. The van der Waals surface area contributed by atoms with Crippen molar-refractivity contribution >= 4 is 28.4 Å². The Balaban J connectivity index is 1.89. The molecule has 0 bridgehead atoms. The number of hydrogen-bond donors (Lipinski definition) is 1. The summed E-state index contributed by atoms with van der Waals surface area (Å²) in [5, 5.41) is 9.03. The Kier molecular flexibility index (Phi) is 3.25. The van der Waals surface area contributed by atoms with Gasteiger partial charge < -0.3 is 9.88 Å². The maximum Gasteiger partial charge on any atom is 0.232 e. The molecule has 0 radical (unpaired) electrons. The quantitative estimate of drug-likeness (QED) is 0.902. The number of imidazole rings is 1. The Hall–Kier alpha value is -3.01. The van der Waals surface area contributed by atoms with E-state index in [0.717, 1.165) is 22.3 Å². The average Bonchev–Trinajstić information content (AvgIpc) is 3.01. The zero-order chi connectivity index (χ0) is 17.8. The molecule has 1 N–H and O–H groups in total. The van der Waals surface area contributed by atoms with Gasteiger partial charge in [-0.2, -0.15) is 5.26 Å². The highest BCUT2D eigenvalue weighted by atomic mass is 16.2. The molecule has 0 aliphatic carbocycles. The summed E-state index contributed by atoms with van der Waals surface area (Å²) in [5.41, 5.74) is 3.27. The van der Waals surface area contributed by atoms with E-state index in [0.29, 0.717) is 24.4 Å². The molecule has 126 valence electrons. The number of fused-ring (bicyclic) bond motifs is 5. The summed E-state index contributed by atoms with van der Waals surface area (Å²) in [7, 11) is 0. The molecule has 0 aromatic carbocycles. The maximum absolute atomic E-state index is 12.5. The number of Topliss-reactive ketones (excluding diaryl/α,β-unsaturated/α-hetero) is 1. The third kappa shape index (κ3) is 2.33. The predicted octanol–water partition coefficient (Wildman–Crippen LogP) is 1.85. The fourth-order valence-corrected chi connectivity index (χ4v) is 3.36. The highest BCUT2D eigenvalue weighted by Crippen LogP contribution is 2.35. The molecular weight excluding hydrogens is 318 g/mol. The lowest BCUT2D eigenvalue weighted by molar-refractivity contribution is -0.132. The van der Waals surface area contributed by atoms with Crippen LogP contribution in [-0.2, 0) is 21.4 Å². The second-order valence-electron chi connectivity index (χ2n) is 7.14. The first kappa shape index (κ1) is 15.5. The van der Waals surface area contributed by atoms with E-state index in [1.807, 2.05) is 13.8 Å². The molecule has 4 heterocycles. The molecule has 7 nitrogen and oxygen atoms in total. The number of amides is 1. The zero-order valence-electron chi connectivity index (χ0n) is 14.1. The van der Waals surface area contributed by atoms with Crippen molar-refractivity contribution in [1.29, 1.82) is 5.26 Å². The Morgan fingerprint density at radius 1 is 1.40 bits per heavy atom. The molecule has 7 heteroatoms. The van der Waals surface area contributed by atoms with E-state index in [-0.39, 0.29) is 24.7 Å². The summed E-state index contributed by atoms with van der Waals surface area (Å²) in [6.07, 6.45) is 4.31. The molecule has 1 amide bonds. The molecule has 0 atom stereocenters. The van der Waals surface area contributed by atoms with Gasteiger partial charge in [0.05, 0.1) is 47.7 Å². The smallest absolute Gasteiger partial charge is 0.232 e. The van der Waals surface area contributed by atoms with Crippen LogP contribution in [0.25, 0.3) is 16.7 Å². The normalized spacial score (nSPS) is 17.2. The minimum absolute atomic E-state index is 0.0296. The topological polar surface area (TPSA) is 103 Å². The second kappa shape index (κ2) is 5.24. The molecule has 2 aliphatic heterocycles. The summed E-state index contributed by atoms with van der Waals surface area (Å²) in [6.45, 7) is 4.02. The van der Waals surface area contributed by atoms with Crippen molar-refractivity contribution in [3.63, 3.8) is 0 Å². The van der Waals surface area contributed by atoms with Gasteiger partial charge >= 0.3 is 0 Å². The van der Waals surface area contributed by atoms with Crippen LogP contribution in [0, 0.1) is 11.3 Å². The van der Waals surface area contributed by atoms with Gasteiger partial charge in [0.2, 0.25) is 5.91 Å². The largest absolute Gasteiger partial charge is 0.340 e. The number of hydrogen-bond acceptors (Lipinski definition) is 5. The van der Waals surface area contributed by atoms with Crippen molar-refractivity contribution in [3.8, 4) is 6.07 Å². The van der Waals surface area contributed by atoms with Crippen molar-refractivity contribution in [2.24, 2.45) is 0 Å². The number of rotatable bonds is 2. The van der Waals surface area contributed by atoms with Gasteiger partial charge in [-0.05, 0) is 0 Å². The highest BCUT2D eigenvalue weighted by molar-refractivity contribution is 6.02. The van der Waals surface area contributed by atoms with E-state index in [2.05, 4.69) is 16.0 Å². The van der Waals surface area contributed by atoms with Crippen LogP contribution in [0.4, 0.5) is 0 Å². The van der Waals surface area contributed by atoms with Crippen LogP contribution in [0.15, 0.2) is 12.3 Å². The number of carbonyl (C=O) groups excluding carboxylic acids is 2. The van der Waals surface area contributed by atoms with E-state index in [1.165, 1.54) is 4.90 Å². The average molecular weight is 335 g/mol. The van der Waals surface area contributed by atoms with Crippen molar-refractivity contribution in [3.05, 3.63) is 29.4 Å². The van der Waals surface area contributed by atoms with Gasteiger partial charge in [-0.1, -0.05) is 19.9 Å². The van der Waals surface area contributed by atoms with Gasteiger partial charge in [0, 0.05) is 23.8 Å². The van der Waals surface area contributed by atoms with Crippen LogP contribution in [0.5, 0.6) is 0 Å². The molecule has 4 rings (SSSR count). The molecule has 0 saturated heterocycles. The number of aromatic amines is 1. The van der Waals surface area contributed by atoms with Gasteiger partial charge in [-0.15, -0.1) is 0 Å². The van der Waals surface area contributed by atoms with E-state index in [9.17, 15) is 9.59 Å². The Morgan fingerprint density at radius 2 is 2.20 bits per heavy atom. The number of pyridine rings is 1. The number of H-pyrrole nitrogens is 1. The van der Waals surface area contributed by atoms with Crippen LogP contribution >= 0.6 is 0 Å². The third-order valence-electron chi connectivity index (χ3n) is 4.81. The van der Waals surface area contributed by atoms with Crippen LogP contribution in [0.1, 0.15) is 43.8 Å². The van der Waals surface area contributed by atoms with Gasteiger partial charge in [-0.3, -0.25) is 14.6 Å². The van der Waals surface area contributed by atoms with Crippen molar-refractivity contribution in [1.82, 2.24) is 19.9 Å². The highest BCUT2D eigenvalue weighted by Gasteiger charge is 2.35. The van der Waals surface area contributed by atoms with E-state index in [1.54, 1.807) is 12.3 Å². The summed E-state index contributed by atoms with van der Waals surface area (Å²) in [5.74, 6) is 0.630. The van der Waals surface area contributed by atoms with Crippen molar-refractivity contribution in [2.45, 2.75) is 38.5 Å². The number of nitrogens with zero attached hydrogens (tertiary/aromatic N) is 4. The lowest BCUT2D eigenvalue weighted by atomic mass is 9.89. The molecule has 0 fully saturated rings. The van der Waals surface area contributed by atoms with Gasteiger partial charge in [-0.25, -0.2) is 4.98 Å². The standard InChI is InChI=1S/C18H17N5O2/c1-18(2,5-6-19)17-21-12-8-20-16-11(15(12)22-17)7-14(25)23-9-10(24)3-4-13(16)23/h4,8H,3,5,7,9H2,1-2H3,(H,21,22).